The van der Waals surface area contributed by atoms with Crippen molar-refractivity contribution < 1.29 is 23.2 Å². The van der Waals surface area contributed by atoms with Crippen LogP contribution in [0.5, 0.6) is 0 Å². The van der Waals surface area contributed by atoms with Crippen molar-refractivity contribution >= 4 is 38.9 Å². The molecule has 0 radical (unpaired) electrons. The van der Waals surface area contributed by atoms with Crippen LogP contribution in [-0.2, 0) is 14.8 Å². The highest BCUT2D eigenvalue weighted by Crippen LogP contribution is 2.33. The van der Waals surface area contributed by atoms with Gasteiger partial charge in [0.25, 0.3) is 10.0 Å². The molecule has 1 unspecified atom stereocenters. The number of morpholine rings is 1. The molecule has 9 heteroatoms. The van der Waals surface area contributed by atoms with Gasteiger partial charge in [-0.25, -0.2) is 8.42 Å². The first-order valence-electron chi connectivity index (χ1n) is 9.41. The first-order valence-corrected chi connectivity index (χ1v) is 11.6. The van der Waals surface area contributed by atoms with Gasteiger partial charge in [0.15, 0.2) is 0 Å². The minimum atomic E-state index is -3.95. The number of nitrogens with one attached hydrogen (secondary N) is 1. The molecule has 0 aliphatic carbocycles. The molecule has 3 rings (SSSR count). The Labute approximate surface area is 181 Å². The molecule has 1 aliphatic rings. The normalized spacial score (nSPS) is 16.6. The second-order valence-corrected chi connectivity index (χ2v) is 9.87. The minimum absolute atomic E-state index is 0.124. The maximum Gasteiger partial charge on any atom is 0.264 e. The fraction of sp³-hybridized carbons (Fsp3) is 0.400. The second-order valence-electron chi connectivity index (χ2n) is 7.17. The summed E-state index contributed by atoms with van der Waals surface area (Å²) in [7, 11) is -3.95. The highest BCUT2D eigenvalue weighted by atomic mass is 35.5. The molecule has 1 aliphatic heterocycles. The second kappa shape index (κ2) is 9.64. The van der Waals surface area contributed by atoms with E-state index in [1.807, 2.05) is 6.92 Å². The average molecular weight is 460 g/mol. The number of nitrogens with zero attached hydrogens (tertiary/aromatic N) is 1. The van der Waals surface area contributed by atoms with Crippen LogP contribution in [0.2, 0.25) is 10.0 Å². The molecular weight excluding hydrogens is 435 g/mol. The Morgan fingerprint density at radius 2 is 1.79 bits per heavy atom. The van der Waals surface area contributed by atoms with Gasteiger partial charge in [0.05, 0.1) is 35.4 Å². The molecule has 0 amide bonds. The van der Waals surface area contributed by atoms with Crippen LogP contribution in [0, 0.1) is 6.92 Å². The van der Waals surface area contributed by atoms with Crippen LogP contribution in [0.3, 0.4) is 0 Å². The number of ether oxygens (including phenoxy) is 1. The summed E-state index contributed by atoms with van der Waals surface area (Å²) in [6.07, 6.45) is -0.877. The molecule has 0 aromatic heterocycles. The first-order chi connectivity index (χ1) is 13.8. The Morgan fingerprint density at radius 1 is 1.14 bits per heavy atom. The van der Waals surface area contributed by atoms with E-state index in [-0.39, 0.29) is 22.2 Å². The van der Waals surface area contributed by atoms with E-state index in [1.54, 1.807) is 36.4 Å². The van der Waals surface area contributed by atoms with Gasteiger partial charge in [0.2, 0.25) is 0 Å². The number of hydrogen-bond acceptors (Lipinski definition) is 4. The quantitative estimate of drug-likeness (QED) is 0.661. The van der Waals surface area contributed by atoms with Crippen LogP contribution in [0.25, 0.3) is 0 Å². The SMILES string of the molecule is Cc1ccc(S(=O)(=O)N(CC(O)C[NH+]2CCOCC2)c2cc(Cl)ccc2Cl)cc1. The van der Waals surface area contributed by atoms with E-state index >= 15 is 0 Å². The number of rotatable bonds is 7. The Bertz CT molecular complexity index is 932. The van der Waals surface area contributed by atoms with E-state index in [2.05, 4.69) is 0 Å². The van der Waals surface area contributed by atoms with E-state index in [9.17, 15) is 13.5 Å². The highest BCUT2D eigenvalue weighted by molar-refractivity contribution is 7.92. The highest BCUT2D eigenvalue weighted by Gasteiger charge is 2.30. The van der Waals surface area contributed by atoms with Crippen LogP contribution in [-0.4, -0.2) is 59.0 Å². The fourth-order valence-corrected chi connectivity index (χ4v) is 5.24. The number of sulfonamides is 1. The molecule has 2 aromatic carbocycles. The summed E-state index contributed by atoms with van der Waals surface area (Å²) in [4.78, 5) is 1.30. The molecule has 29 heavy (non-hydrogen) atoms. The van der Waals surface area contributed by atoms with Gasteiger partial charge in [0, 0.05) is 5.02 Å². The molecule has 2 aromatic rings. The van der Waals surface area contributed by atoms with Crippen molar-refractivity contribution in [3.8, 4) is 0 Å². The Balaban J connectivity index is 1.93. The number of aliphatic hydroxyl groups is 1. The molecular formula is C20H25Cl2N2O4S+. The Morgan fingerprint density at radius 3 is 2.45 bits per heavy atom. The largest absolute Gasteiger partial charge is 0.385 e. The van der Waals surface area contributed by atoms with Crippen molar-refractivity contribution in [1.82, 2.24) is 0 Å². The molecule has 158 valence electrons. The topological polar surface area (TPSA) is 71.3 Å². The molecule has 1 heterocycles. The van der Waals surface area contributed by atoms with Gasteiger partial charge in [-0.15, -0.1) is 0 Å². The number of quaternary nitrogens is 1. The van der Waals surface area contributed by atoms with Crippen molar-refractivity contribution in [1.29, 1.82) is 0 Å². The number of aryl methyl sites for hydroxylation is 1. The van der Waals surface area contributed by atoms with Crippen LogP contribution in [0.4, 0.5) is 5.69 Å². The zero-order valence-corrected chi connectivity index (χ0v) is 18.5. The van der Waals surface area contributed by atoms with E-state index in [0.717, 1.165) is 23.0 Å². The minimum Gasteiger partial charge on any atom is -0.385 e. The summed E-state index contributed by atoms with van der Waals surface area (Å²) in [6, 6.07) is 11.2. The summed E-state index contributed by atoms with van der Waals surface area (Å²) >= 11 is 12.4. The Kier molecular flexibility index (Phi) is 7.42. The molecule has 0 spiro atoms. The summed E-state index contributed by atoms with van der Waals surface area (Å²) < 4.78 is 33.3. The third-order valence-corrected chi connectivity index (χ3v) is 7.24. The van der Waals surface area contributed by atoms with Gasteiger partial charge in [-0.3, -0.25) is 4.31 Å². The monoisotopic (exact) mass is 459 g/mol. The van der Waals surface area contributed by atoms with Crippen LogP contribution >= 0.6 is 23.2 Å². The average Bonchev–Trinajstić information content (AvgIpc) is 2.69. The maximum absolute atomic E-state index is 13.4. The van der Waals surface area contributed by atoms with Crippen LogP contribution < -0.4 is 9.21 Å². The molecule has 2 N–H and O–H groups in total. The van der Waals surface area contributed by atoms with E-state index < -0.39 is 16.1 Å². The number of benzene rings is 2. The molecule has 1 atom stereocenters. The summed E-state index contributed by atoms with van der Waals surface area (Å²) in [5, 5.41) is 11.3. The van der Waals surface area contributed by atoms with Gasteiger partial charge < -0.3 is 14.7 Å². The van der Waals surface area contributed by atoms with Crippen molar-refractivity contribution in [2.45, 2.75) is 17.9 Å². The predicted octanol–water partition coefficient (Wildman–Crippen LogP) is 1.77. The zero-order chi connectivity index (χ0) is 21.0. The van der Waals surface area contributed by atoms with Crippen molar-refractivity contribution in [3.05, 3.63) is 58.1 Å². The lowest BCUT2D eigenvalue weighted by atomic mass is 10.2. The molecule has 0 bridgehead atoms. The lowest BCUT2D eigenvalue weighted by Crippen LogP contribution is -3.15. The van der Waals surface area contributed by atoms with Gasteiger partial charge in [-0.05, 0) is 37.3 Å². The first kappa shape index (κ1) is 22.3. The van der Waals surface area contributed by atoms with E-state index in [0.29, 0.717) is 24.8 Å². The fourth-order valence-electron chi connectivity index (χ4n) is 3.29. The molecule has 1 saturated heterocycles. The predicted molar refractivity (Wildman–Crippen MR) is 115 cm³/mol. The van der Waals surface area contributed by atoms with Crippen molar-refractivity contribution in [3.63, 3.8) is 0 Å². The summed E-state index contributed by atoms with van der Waals surface area (Å²) in [5.41, 5.74) is 1.20. The third kappa shape index (κ3) is 5.63. The zero-order valence-electron chi connectivity index (χ0n) is 16.1. The van der Waals surface area contributed by atoms with Crippen LogP contribution in [0.15, 0.2) is 47.4 Å². The number of halogens is 2. The van der Waals surface area contributed by atoms with Gasteiger partial charge in [0.1, 0.15) is 25.7 Å². The van der Waals surface area contributed by atoms with Gasteiger partial charge in [-0.2, -0.15) is 0 Å². The van der Waals surface area contributed by atoms with Crippen molar-refractivity contribution in [2.24, 2.45) is 0 Å². The lowest BCUT2D eigenvalue weighted by Gasteiger charge is -2.30. The number of anilines is 1. The number of aliphatic hydroxyl groups excluding tert-OH is 1. The molecule has 0 saturated carbocycles. The standard InChI is InChI=1S/C20H24Cl2N2O4S/c1-15-2-5-18(6-3-15)29(26,27)24(20-12-16(21)4-7-19(20)22)14-17(25)13-23-8-10-28-11-9-23/h2-7,12,17,25H,8-11,13-14H2,1H3/p+1. The van der Waals surface area contributed by atoms with Gasteiger partial charge >= 0.3 is 0 Å². The maximum atomic E-state index is 13.4. The lowest BCUT2D eigenvalue weighted by molar-refractivity contribution is -0.910. The van der Waals surface area contributed by atoms with Crippen molar-refractivity contribution in [2.75, 3.05) is 43.7 Å². The summed E-state index contributed by atoms with van der Waals surface area (Å²) in [6.45, 7) is 5.00. The Hall–Kier alpha value is -1.35. The molecule has 6 nitrogen and oxygen atoms in total. The van der Waals surface area contributed by atoms with Crippen LogP contribution in [0.1, 0.15) is 5.56 Å². The molecule has 1 fully saturated rings. The summed E-state index contributed by atoms with van der Waals surface area (Å²) in [5.74, 6) is 0. The smallest absolute Gasteiger partial charge is 0.264 e. The third-order valence-electron chi connectivity index (χ3n) is 4.89. The number of hydrogen-bond donors (Lipinski definition) is 2. The van der Waals surface area contributed by atoms with E-state index in [4.69, 9.17) is 27.9 Å². The van der Waals surface area contributed by atoms with Gasteiger partial charge in [-0.1, -0.05) is 40.9 Å². The van der Waals surface area contributed by atoms with E-state index in [1.165, 1.54) is 11.0 Å².